The van der Waals surface area contributed by atoms with E-state index < -0.39 is 10.0 Å². The fourth-order valence-electron chi connectivity index (χ4n) is 2.55. The average Bonchev–Trinajstić information content (AvgIpc) is 2.46. The number of sulfonamides is 1. The van der Waals surface area contributed by atoms with Crippen molar-refractivity contribution in [2.75, 3.05) is 20.1 Å². The van der Waals surface area contributed by atoms with Crippen LogP contribution in [0.25, 0.3) is 0 Å². The van der Waals surface area contributed by atoms with E-state index in [4.69, 9.17) is 17.3 Å². The van der Waals surface area contributed by atoms with Crippen LogP contribution in [0.1, 0.15) is 24.8 Å². The number of likely N-dealkylation sites (N-methyl/N-ethyl adjacent to an activating group) is 1. The molecule has 1 unspecified atom stereocenters. The Bertz CT molecular complexity index is 592. The van der Waals surface area contributed by atoms with Gasteiger partial charge in [-0.3, -0.25) is 0 Å². The Morgan fingerprint density at radius 1 is 1.43 bits per heavy atom. The van der Waals surface area contributed by atoms with Crippen molar-refractivity contribution in [1.29, 1.82) is 0 Å². The van der Waals surface area contributed by atoms with Crippen LogP contribution in [0.5, 0.6) is 0 Å². The number of benzene rings is 1. The van der Waals surface area contributed by atoms with E-state index in [2.05, 4.69) is 9.62 Å². The van der Waals surface area contributed by atoms with Gasteiger partial charge in [-0.25, -0.2) is 13.1 Å². The van der Waals surface area contributed by atoms with E-state index >= 15 is 0 Å². The van der Waals surface area contributed by atoms with Crippen LogP contribution in [0.4, 0.5) is 0 Å². The van der Waals surface area contributed by atoms with Crippen LogP contribution >= 0.6 is 11.6 Å². The third-order valence-electron chi connectivity index (χ3n) is 3.99. The maximum absolute atomic E-state index is 12.3. The molecule has 1 aliphatic rings. The Morgan fingerprint density at radius 3 is 2.81 bits per heavy atom. The molecule has 0 amide bonds. The predicted molar refractivity (Wildman–Crippen MR) is 84.8 cm³/mol. The third kappa shape index (κ3) is 4.17. The summed E-state index contributed by atoms with van der Waals surface area (Å²) in [6.45, 7) is 1.73. The maximum Gasteiger partial charge on any atom is 0.240 e. The lowest BCUT2D eigenvalue weighted by molar-refractivity contribution is 0.187. The number of nitrogens with two attached hydrogens (primary N) is 1. The van der Waals surface area contributed by atoms with Gasteiger partial charge in [0.15, 0.2) is 0 Å². The molecule has 1 saturated heterocycles. The molecule has 1 heterocycles. The van der Waals surface area contributed by atoms with E-state index in [-0.39, 0.29) is 10.9 Å². The first kappa shape index (κ1) is 16.7. The van der Waals surface area contributed by atoms with Crippen LogP contribution in [0.15, 0.2) is 23.1 Å². The molecule has 0 bridgehead atoms. The van der Waals surface area contributed by atoms with Gasteiger partial charge >= 0.3 is 0 Å². The monoisotopic (exact) mass is 331 g/mol. The third-order valence-corrected chi connectivity index (χ3v) is 5.76. The Hall–Kier alpha value is -0.660. The first-order chi connectivity index (χ1) is 9.94. The summed E-state index contributed by atoms with van der Waals surface area (Å²) in [5, 5.41) is 0.384. The molecule has 1 atom stereocenters. The van der Waals surface area contributed by atoms with Crippen molar-refractivity contribution in [3.8, 4) is 0 Å². The second-order valence-corrected chi connectivity index (χ2v) is 7.61. The normalized spacial score (nSPS) is 20.6. The number of nitrogens with one attached hydrogen (secondary N) is 1. The minimum Gasteiger partial charge on any atom is -0.326 e. The Kier molecular flexibility index (Phi) is 5.62. The minimum absolute atomic E-state index is 0.183. The highest BCUT2D eigenvalue weighted by Gasteiger charge is 2.22. The first-order valence-electron chi connectivity index (χ1n) is 7.12. The van der Waals surface area contributed by atoms with Crippen molar-refractivity contribution in [2.24, 2.45) is 5.73 Å². The number of piperidine rings is 1. The molecule has 118 valence electrons. The van der Waals surface area contributed by atoms with Crippen LogP contribution in [-0.2, 0) is 16.6 Å². The van der Waals surface area contributed by atoms with E-state index in [0.717, 1.165) is 24.9 Å². The van der Waals surface area contributed by atoms with Gasteiger partial charge in [0, 0.05) is 24.2 Å². The SMILES string of the molecule is CN1CCCCC1CNS(=O)(=O)c1ccc(CN)c(Cl)c1. The van der Waals surface area contributed by atoms with Gasteiger partial charge in [0.1, 0.15) is 0 Å². The topological polar surface area (TPSA) is 75.4 Å². The van der Waals surface area contributed by atoms with Crippen molar-refractivity contribution in [2.45, 2.75) is 36.7 Å². The van der Waals surface area contributed by atoms with E-state index in [1.807, 2.05) is 7.05 Å². The zero-order valence-electron chi connectivity index (χ0n) is 12.2. The largest absolute Gasteiger partial charge is 0.326 e. The molecular formula is C14H22ClN3O2S. The predicted octanol–water partition coefficient (Wildman–Crippen LogP) is 1.56. The summed E-state index contributed by atoms with van der Waals surface area (Å²) in [5.41, 5.74) is 6.26. The highest BCUT2D eigenvalue weighted by atomic mass is 35.5. The highest BCUT2D eigenvalue weighted by Crippen LogP contribution is 2.21. The van der Waals surface area contributed by atoms with E-state index in [1.54, 1.807) is 12.1 Å². The molecule has 7 heteroatoms. The summed E-state index contributed by atoms with van der Waals surface area (Å²) < 4.78 is 27.3. The second-order valence-electron chi connectivity index (χ2n) is 5.44. The molecule has 5 nitrogen and oxygen atoms in total. The van der Waals surface area contributed by atoms with Gasteiger partial charge in [-0.1, -0.05) is 24.1 Å². The van der Waals surface area contributed by atoms with Crippen LogP contribution < -0.4 is 10.5 Å². The zero-order valence-corrected chi connectivity index (χ0v) is 13.8. The summed E-state index contributed by atoms with van der Waals surface area (Å²) >= 11 is 6.03. The number of hydrogen-bond donors (Lipinski definition) is 2. The summed E-state index contributed by atoms with van der Waals surface area (Å²) in [6.07, 6.45) is 3.34. The Morgan fingerprint density at radius 2 is 2.19 bits per heavy atom. The fourth-order valence-corrected chi connectivity index (χ4v) is 3.97. The highest BCUT2D eigenvalue weighted by molar-refractivity contribution is 7.89. The number of halogens is 1. The van der Waals surface area contributed by atoms with Gasteiger partial charge < -0.3 is 10.6 Å². The van der Waals surface area contributed by atoms with Crippen molar-refractivity contribution in [3.05, 3.63) is 28.8 Å². The average molecular weight is 332 g/mol. The molecule has 2 rings (SSSR count). The molecule has 0 radical (unpaired) electrons. The van der Waals surface area contributed by atoms with Gasteiger partial charge in [-0.2, -0.15) is 0 Å². The standard InChI is InChI=1S/C14H22ClN3O2S/c1-18-7-3-2-4-12(18)10-17-21(19,20)13-6-5-11(9-16)14(15)8-13/h5-6,8,12,17H,2-4,7,9-10,16H2,1H3. The molecule has 1 aliphatic heterocycles. The number of hydrogen-bond acceptors (Lipinski definition) is 4. The lowest BCUT2D eigenvalue weighted by Crippen LogP contribution is -2.44. The molecule has 21 heavy (non-hydrogen) atoms. The van der Waals surface area contributed by atoms with Crippen molar-refractivity contribution in [3.63, 3.8) is 0 Å². The summed E-state index contributed by atoms with van der Waals surface area (Å²) in [4.78, 5) is 2.39. The van der Waals surface area contributed by atoms with Gasteiger partial charge in [0.05, 0.1) is 4.90 Å². The summed E-state index contributed by atoms with van der Waals surface area (Å²) in [7, 11) is -1.50. The lowest BCUT2D eigenvalue weighted by Gasteiger charge is -2.32. The molecule has 0 saturated carbocycles. The molecule has 1 aromatic rings. The second kappa shape index (κ2) is 7.07. The van der Waals surface area contributed by atoms with Crippen LogP contribution in [0.2, 0.25) is 5.02 Å². The molecular weight excluding hydrogens is 310 g/mol. The zero-order chi connectivity index (χ0) is 15.5. The molecule has 1 aromatic carbocycles. The summed E-state index contributed by atoms with van der Waals surface area (Å²) in [6, 6.07) is 4.91. The molecule has 0 spiro atoms. The van der Waals surface area contributed by atoms with Crippen LogP contribution in [0.3, 0.4) is 0 Å². The Labute approximate surface area is 131 Å². The molecule has 0 aliphatic carbocycles. The Balaban J connectivity index is 2.06. The van der Waals surface area contributed by atoms with Crippen molar-refractivity contribution < 1.29 is 8.42 Å². The molecule has 0 aromatic heterocycles. The van der Waals surface area contributed by atoms with Gasteiger partial charge in [0.25, 0.3) is 0 Å². The lowest BCUT2D eigenvalue weighted by atomic mass is 10.0. The number of likely N-dealkylation sites (tertiary alicyclic amines) is 1. The van der Waals surface area contributed by atoms with Crippen LogP contribution in [0, 0.1) is 0 Å². The quantitative estimate of drug-likeness (QED) is 0.858. The fraction of sp³-hybridized carbons (Fsp3) is 0.571. The first-order valence-corrected chi connectivity index (χ1v) is 8.98. The van der Waals surface area contributed by atoms with Gasteiger partial charge in [-0.05, 0) is 44.1 Å². The molecule has 3 N–H and O–H groups in total. The van der Waals surface area contributed by atoms with E-state index in [0.29, 0.717) is 18.1 Å². The molecule has 1 fully saturated rings. The van der Waals surface area contributed by atoms with Crippen molar-refractivity contribution in [1.82, 2.24) is 9.62 Å². The smallest absolute Gasteiger partial charge is 0.240 e. The van der Waals surface area contributed by atoms with Gasteiger partial charge in [-0.15, -0.1) is 0 Å². The van der Waals surface area contributed by atoms with Crippen LogP contribution in [-0.4, -0.2) is 39.5 Å². The van der Waals surface area contributed by atoms with Gasteiger partial charge in [0.2, 0.25) is 10.0 Å². The summed E-state index contributed by atoms with van der Waals surface area (Å²) in [5.74, 6) is 0. The maximum atomic E-state index is 12.3. The number of nitrogens with zero attached hydrogens (tertiary/aromatic N) is 1. The van der Waals surface area contributed by atoms with Crippen molar-refractivity contribution >= 4 is 21.6 Å². The van der Waals surface area contributed by atoms with E-state index in [1.165, 1.54) is 12.5 Å². The number of rotatable bonds is 5. The minimum atomic E-state index is -3.53. The van der Waals surface area contributed by atoms with E-state index in [9.17, 15) is 8.42 Å².